The van der Waals surface area contributed by atoms with Crippen LogP contribution in [0.3, 0.4) is 0 Å². The molecule has 5 heteroatoms. The third kappa shape index (κ3) is 4.25. The molecule has 0 heterocycles. The van der Waals surface area contributed by atoms with E-state index in [1.807, 2.05) is 31.2 Å². The normalized spacial score (nSPS) is 11.5. The van der Waals surface area contributed by atoms with Gasteiger partial charge in [-0.1, -0.05) is 29.8 Å². The lowest BCUT2D eigenvalue weighted by Crippen LogP contribution is -2.22. The summed E-state index contributed by atoms with van der Waals surface area (Å²) in [7, 11) is 0. The molecule has 21 heavy (non-hydrogen) atoms. The van der Waals surface area contributed by atoms with Crippen molar-refractivity contribution in [1.82, 2.24) is 0 Å². The van der Waals surface area contributed by atoms with Crippen LogP contribution in [0.15, 0.2) is 53.4 Å². The minimum Gasteiger partial charge on any atom is -0.325 e. The molecule has 0 aliphatic carbocycles. The second-order valence-electron chi connectivity index (χ2n) is 4.37. The molecule has 3 nitrogen and oxygen atoms in total. The lowest BCUT2D eigenvalue weighted by atomic mass is 10.2. The van der Waals surface area contributed by atoms with Crippen LogP contribution in [0.2, 0.25) is 5.02 Å². The lowest BCUT2D eigenvalue weighted by Gasteiger charge is -2.13. The molecule has 0 bridgehead atoms. The van der Waals surface area contributed by atoms with E-state index in [4.69, 9.17) is 16.9 Å². The zero-order valence-corrected chi connectivity index (χ0v) is 12.9. The first-order chi connectivity index (χ1) is 10.1. The number of benzene rings is 2. The van der Waals surface area contributed by atoms with Crippen molar-refractivity contribution >= 4 is 35.0 Å². The van der Waals surface area contributed by atoms with E-state index in [0.29, 0.717) is 16.3 Å². The highest BCUT2D eigenvalue weighted by molar-refractivity contribution is 8.00. The molecule has 0 aliphatic heterocycles. The number of nitriles is 1. The second kappa shape index (κ2) is 7.16. The molecule has 2 aromatic carbocycles. The van der Waals surface area contributed by atoms with Gasteiger partial charge in [-0.15, -0.1) is 11.8 Å². The molecule has 1 amide bonds. The van der Waals surface area contributed by atoms with Gasteiger partial charge in [0.05, 0.1) is 21.9 Å². The number of anilines is 1. The number of nitrogens with zero attached hydrogens (tertiary/aromatic N) is 1. The zero-order chi connectivity index (χ0) is 15.2. The van der Waals surface area contributed by atoms with Gasteiger partial charge in [-0.25, -0.2) is 0 Å². The predicted molar refractivity (Wildman–Crippen MR) is 86.6 cm³/mol. The van der Waals surface area contributed by atoms with Gasteiger partial charge in [0, 0.05) is 10.6 Å². The van der Waals surface area contributed by atoms with Gasteiger partial charge in [0.25, 0.3) is 0 Å². The standard InChI is InChI=1S/C16H13ClN2OS/c1-11(21-15-8-3-2-7-14(15)17)16(20)19-13-6-4-5-12(9-13)10-18/h2-9,11H,1H3,(H,19,20)/t11-/m1/s1. The number of carbonyl (C=O) groups excluding carboxylic acids is 1. The maximum absolute atomic E-state index is 12.2. The largest absolute Gasteiger partial charge is 0.325 e. The predicted octanol–water partition coefficient (Wildman–Crippen LogP) is 4.33. The number of hydrogen-bond donors (Lipinski definition) is 1. The monoisotopic (exact) mass is 316 g/mol. The molecule has 0 saturated carbocycles. The number of thioether (sulfide) groups is 1. The molecule has 1 N–H and O–H groups in total. The van der Waals surface area contributed by atoms with Crippen LogP contribution < -0.4 is 5.32 Å². The Balaban J connectivity index is 2.03. The Morgan fingerprint density at radius 2 is 2.05 bits per heavy atom. The molecule has 0 unspecified atom stereocenters. The molecule has 0 spiro atoms. The molecule has 106 valence electrons. The summed E-state index contributed by atoms with van der Waals surface area (Å²) in [6.07, 6.45) is 0. The van der Waals surface area contributed by atoms with Gasteiger partial charge in [-0.05, 0) is 37.3 Å². The molecule has 0 aromatic heterocycles. The van der Waals surface area contributed by atoms with Gasteiger partial charge < -0.3 is 5.32 Å². The summed E-state index contributed by atoms with van der Waals surface area (Å²) in [6.45, 7) is 1.82. The Labute approximate surface area is 132 Å². The number of nitrogens with one attached hydrogen (secondary N) is 1. The van der Waals surface area contributed by atoms with E-state index in [9.17, 15) is 4.79 Å². The number of halogens is 1. The van der Waals surface area contributed by atoms with Crippen LogP contribution in [0.1, 0.15) is 12.5 Å². The van der Waals surface area contributed by atoms with Gasteiger partial charge in [0.2, 0.25) is 5.91 Å². The summed E-state index contributed by atoms with van der Waals surface area (Å²) in [5, 5.41) is 12.0. The second-order valence-corrected chi connectivity index (χ2v) is 6.16. The summed E-state index contributed by atoms with van der Waals surface area (Å²) in [6, 6.07) is 16.3. The lowest BCUT2D eigenvalue weighted by molar-refractivity contribution is -0.115. The SMILES string of the molecule is C[C@@H](Sc1ccccc1Cl)C(=O)Nc1cccc(C#N)c1. The van der Waals surface area contributed by atoms with E-state index in [1.54, 1.807) is 30.3 Å². The number of rotatable bonds is 4. The van der Waals surface area contributed by atoms with Gasteiger partial charge in [-0.3, -0.25) is 4.79 Å². The van der Waals surface area contributed by atoms with Gasteiger partial charge in [-0.2, -0.15) is 5.26 Å². The van der Waals surface area contributed by atoms with Crippen molar-refractivity contribution in [1.29, 1.82) is 5.26 Å². The molecule has 2 aromatic rings. The van der Waals surface area contributed by atoms with Gasteiger partial charge in [0.15, 0.2) is 0 Å². The Hall–Kier alpha value is -1.96. The maximum Gasteiger partial charge on any atom is 0.237 e. The Bertz CT molecular complexity index is 697. The van der Waals surface area contributed by atoms with Crippen LogP contribution in [0, 0.1) is 11.3 Å². The smallest absolute Gasteiger partial charge is 0.237 e. The summed E-state index contributed by atoms with van der Waals surface area (Å²) < 4.78 is 0. The van der Waals surface area contributed by atoms with Crippen LogP contribution in [-0.4, -0.2) is 11.2 Å². The first-order valence-electron chi connectivity index (χ1n) is 6.32. The van der Waals surface area contributed by atoms with Crippen LogP contribution in [0.25, 0.3) is 0 Å². The molecule has 0 radical (unpaired) electrons. The fourth-order valence-corrected chi connectivity index (χ4v) is 2.85. The van der Waals surface area contributed by atoms with E-state index in [1.165, 1.54) is 11.8 Å². The molecule has 0 fully saturated rings. The van der Waals surface area contributed by atoms with Crippen molar-refractivity contribution < 1.29 is 4.79 Å². The third-order valence-electron chi connectivity index (χ3n) is 2.77. The summed E-state index contributed by atoms with van der Waals surface area (Å²) in [4.78, 5) is 13.0. The number of hydrogen-bond acceptors (Lipinski definition) is 3. The molecule has 0 aliphatic rings. The maximum atomic E-state index is 12.2. The highest BCUT2D eigenvalue weighted by atomic mass is 35.5. The van der Waals surface area contributed by atoms with E-state index >= 15 is 0 Å². The summed E-state index contributed by atoms with van der Waals surface area (Å²) in [5.41, 5.74) is 1.13. The first-order valence-corrected chi connectivity index (χ1v) is 7.58. The molecule has 2 rings (SSSR count). The summed E-state index contributed by atoms with van der Waals surface area (Å²) in [5.74, 6) is -0.130. The quantitative estimate of drug-likeness (QED) is 0.854. The minimum absolute atomic E-state index is 0.130. The summed E-state index contributed by atoms with van der Waals surface area (Å²) >= 11 is 7.48. The average Bonchev–Trinajstić information content (AvgIpc) is 2.49. The van der Waals surface area contributed by atoms with Crippen LogP contribution in [0.4, 0.5) is 5.69 Å². The van der Waals surface area contributed by atoms with Crippen molar-refractivity contribution in [2.45, 2.75) is 17.1 Å². The topological polar surface area (TPSA) is 52.9 Å². The molecule has 1 atom stereocenters. The number of amides is 1. The highest BCUT2D eigenvalue weighted by Crippen LogP contribution is 2.30. The van der Waals surface area contributed by atoms with E-state index in [2.05, 4.69) is 5.32 Å². The van der Waals surface area contributed by atoms with Crippen molar-refractivity contribution in [2.75, 3.05) is 5.32 Å². The third-order valence-corrected chi connectivity index (χ3v) is 4.39. The number of carbonyl (C=O) groups is 1. The fourth-order valence-electron chi connectivity index (χ4n) is 1.69. The van der Waals surface area contributed by atoms with E-state index in [-0.39, 0.29) is 11.2 Å². The van der Waals surface area contributed by atoms with Crippen molar-refractivity contribution in [2.24, 2.45) is 0 Å². The fraction of sp³-hybridized carbons (Fsp3) is 0.125. The Morgan fingerprint density at radius 3 is 2.76 bits per heavy atom. The Morgan fingerprint density at radius 1 is 1.29 bits per heavy atom. The zero-order valence-electron chi connectivity index (χ0n) is 11.3. The van der Waals surface area contributed by atoms with Crippen molar-refractivity contribution in [3.05, 3.63) is 59.1 Å². The van der Waals surface area contributed by atoms with Crippen LogP contribution >= 0.6 is 23.4 Å². The molecule has 0 saturated heterocycles. The van der Waals surface area contributed by atoms with Crippen LogP contribution in [-0.2, 0) is 4.79 Å². The van der Waals surface area contributed by atoms with Gasteiger partial charge >= 0.3 is 0 Å². The van der Waals surface area contributed by atoms with E-state index < -0.39 is 0 Å². The highest BCUT2D eigenvalue weighted by Gasteiger charge is 2.16. The Kier molecular flexibility index (Phi) is 5.26. The van der Waals surface area contributed by atoms with Gasteiger partial charge in [0.1, 0.15) is 0 Å². The van der Waals surface area contributed by atoms with E-state index in [0.717, 1.165) is 4.90 Å². The van der Waals surface area contributed by atoms with Crippen LogP contribution in [0.5, 0.6) is 0 Å². The molecular formula is C16H13ClN2OS. The molecular weight excluding hydrogens is 304 g/mol. The average molecular weight is 317 g/mol. The minimum atomic E-state index is -0.296. The first kappa shape index (κ1) is 15.4. The van der Waals surface area contributed by atoms with Crippen molar-refractivity contribution in [3.63, 3.8) is 0 Å². The van der Waals surface area contributed by atoms with Crippen molar-refractivity contribution in [3.8, 4) is 6.07 Å².